The van der Waals surface area contributed by atoms with Gasteiger partial charge in [0.25, 0.3) is 0 Å². The van der Waals surface area contributed by atoms with E-state index in [1.165, 1.54) is 30.5 Å². The lowest BCUT2D eigenvalue weighted by molar-refractivity contribution is -0.127. The second-order valence-electron chi connectivity index (χ2n) is 7.03. The summed E-state index contributed by atoms with van der Waals surface area (Å²) in [6.45, 7) is 6.04. The lowest BCUT2D eigenvalue weighted by Gasteiger charge is -2.29. The molecule has 6 nitrogen and oxygen atoms in total. The number of likely N-dealkylation sites (N-methyl/N-ethyl adjacent to an activating group) is 1. The molecule has 0 unspecified atom stereocenters. The predicted octanol–water partition coefficient (Wildman–Crippen LogP) is 2.78. The number of guanidine groups is 1. The fraction of sp³-hybridized carbons (Fsp3) is 0.600. The highest BCUT2D eigenvalue weighted by Gasteiger charge is 2.12. The molecule has 1 heterocycles. The average Bonchev–Trinajstić information content (AvgIpc) is 2.66. The van der Waals surface area contributed by atoms with E-state index in [1.54, 1.807) is 19.0 Å². The fourth-order valence-electron chi connectivity index (χ4n) is 3.07. The number of aliphatic imine (C=N–C) groups is 1. The van der Waals surface area contributed by atoms with E-state index in [0.29, 0.717) is 0 Å². The van der Waals surface area contributed by atoms with Crippen molar-refractivity contribution in [2.45, 2.75) is 32.7 Å². The van der Waals surface area contributed by atoms with Gasteiger partial charge in [0.2, 0.25) is 5.91 Å². The van der Waals surface area contributed by atoms with E-state index in [9.17, 15) is 4.79 Å². The van der Waals surface area contributed by atoms with Crippen LogP contribution >= 0.6 is 24.0 Å². The van der Waals surface area contributed by atoms with Crippen molar-refractivity contribution in [1.29, 1.82) is 0 Å². The zero-order chi connectivity index (χ0) is 18.9. The molecule has 7 heteroatoms. The molecule has 1 fully saturated rings. The number of hydrogen-bond acceptors (Lipinski definition) is 3. The third-order valence-electron chi connectivity index (χ3n) is 4.64. The van der Waals surface area contributed by atoms with Gasteiger partial charge in [0.15, 0.2) is 5.96 Å². The number of benzene rings is 1. The van der Waals surface area contributed by atoms with Gasteiger partial charge in [0.05, 0.1) is 0 Å². The third-order valence-corrected chi connectivity index (χ3v) is 4.64. The van der Waals surface area contributed by atoms with Crippen LogP contribution < -0.4 is 10.2 Å². The summed E-state index contributed by atoms with van der Waals surface area (Å²) < 4.78 is 0. The Hall–Kier alpha value is -1.51. The summed E-state index contributed by atoms with van der Waals surface area (Å²) in [5.74, 6) is 0.752. The summed E-state index contributed by atoms with van der Waals surface area (Å²) >= 11 is 0. The Balaban J connectivity index is 0.00000364. The monoisotopic (exact) mass is 487 g/mol. The molecular formula is C20H34IN5O. The van der Waals surface area contributed by atoms with Crippen molar-refractivity contribution in [1.82, 2.24) is 15.1 Å². The summed E-state index contributed by atoms with van der Waals surface area (Å²) in [5, 5.41) is 3.26. The van der Waals surface area contributed by atoms with Crippen molar-refractivity contribution in [3.8, 4) is 0 Å². The minimum atomic E-state index is -0.000289. The quantitative estimate of drug-likeness (QED) is 0.381. The minimum Gasteiger partial charge on any atom is -0.372 e. The number of nitrogens with zero attached hydrogens (tertiary/aromatic N) is 4. The lowest BCUT2D eigenvalue weighted by atomic mass is 10.1. The standard InChI is InChI=1S/C20H33N5O.HI/c1-5-21-20(22-15-19(26)23(2)3)24(4)16-17-9-11-18(12-10-17)25-13-7-6-8-14-25;/h9-12H,5-8,13-16H2,1-4H3,(H,21,22);1H. The van der Waals surface area contributed by atoms with Gasteiger partial charge in [-0.25, -0.2) is 4.99 Å². The van der Waals surface area contributed by atoms with Gasteiger partial charge in [-0.2, -0.15) is 0 Å². The van der Waals surface area contributed by atoms with Crippen LogP contribution in [0.3, 0.4) is 0 Å². The van der Waals surface area contributed by atoms with Gasteiger partial charge in [-0.1, -0.05) is 12.1 Å². The van der Waals surface area contributed by atoms with Crippen molar-refractivity contribution in [3.05, 3.63) is 29.8 Å². The first-order valence-electron chi connectivity index (χ1n) is 9.54. The number of rotatable bonds is 6. The van der Waals surface area contributed by atoms with Crippen molar-refractivity contribution in [2.24, 2.45) is 4.99 Å². The molecule has 0 radical (unpaired) electrons. The Kier molecular flexibility index (Phi) is 10.5. The summed E-state index contributed by atoms with van der Waals surface area (Å²) in [5.41, 5.74) is 2.55. The van der Waals surface area contributed by atoms with Crippen molar-refractivity contribution < 1.29 is 4.79 Å². The van der Waals surface area contributed by atoms with Crippen LogP contribution in [0.5, 0.6) is 0 Å². The lowest BCUT2D eigenvalue weighted by Crippen LogP contribution is -2.39. The van der Waals surface area contributed by atoms with Gasteiger partial charge in [-0.3, -0.25) is 4.79 Å². The number of carbonyl (C=O) groups excluding carboxylic acids is 1. The number of carbonyl (C=O) groups is 1. The number of hydrogen-bond donors (Lipinski definition) is 1. The van der Waals surface area contributed by atoms with Crippen LogP contribution in [0, 0.1) is 0 Å². The summed E-state index contributed by atoms with van der Waals surface area (Å²) in [7, 11) is 5.50. The number of nitrogens with one attached hydrogen (secondary N) is 1. The maximum Gasteiger partial charge on any atom is 0.243 e. The molecule has 0 saturated carbocycles. The first kappa shape index (κ1) is 23.5. The Labute approximate surface area is 181 Å². The Morgan fingerprint density at radius 3 is 2.30 bits per heavy atom. The summed E-state index contributed by atoms with van der Waals surface area (Å²) in [4.78, 5) is 22.3. The molecule has 2 rings (SSSR count). The smallest absolute Gasteiger partial charge is 0.243 e. The Morgan fingerprint density at radius 2 is 1.74 bits per heavy atom. The van der Waals surface area contributed by atoms with Gasteiger partial charge in [-0.05, 0) is 43.9 Å². The molecule has 0 spiro atoms. The predicted molar refractivity (Wildman–Crippen MR) is 124 cm³/mol. The van der Waals surface area contributed by atoms with E-state index in [-0.39, 0.29) is 36.4 Å². The molecule has 152 valence electrons. The van der Waals surface area contributed by atoms with Crippen LogP contribution in [-0.2, 0) is 11.3 Å². The van der Waals surface area contributed by atoms with E-state index >= 15 is 0 Å². The number of halogens is 1. The number of amides is 1. The van der Waals surface area contributed by atoms with Crippen molar-refractivity contribution in [3.63, 3.8) is 0 Å². The van der Waals surface area contributed by atoms with E-state index in [2.05, 4.69) is 44.4 Å². The zero-order valence-corrected chi connectivity index (χ0v) is 19.4. The molecule has 1 aromatic rings. The first-order chi connectivity index (χ1) is 12.5. The summed E-state index contributed by atoms with van der Waals surface area (Å²) in [6, 6.07) is 8.81. The van der Waals surface area contributed by atoms with E-state index in [4.69, 9.17) is 0 Å². The fourth-order valence-corrected chi connectivity index (χ4v) is 3.07. The molecule has 1 saturated heterocycles. The molecule has 0 aliphatic carbocycles. The maximum atomic E-state index is 11.8. The van der Waals surface area contributed by atoms with Crippen LogP contribution in [0.4, 0.5) is 5.69 Å². The highest BCUT2D eigenvalue weighted by atomic mass is 127. The van der Waals surface area contributed by atoms with Gasteiger partial charge in [0, 0.05) is 53.0 Å². The highest BCUT2D eigenvalue weighted by molar-refractivity contribution is 14.0. The normalized spacial score (nSPS) is 14.4. The third kappa shape index (κ3) is 7.56. The van der Waals surface area contributed by atoms with E-state index in [0.717, 1.165) is 32.1 Å². The molecule has 1 amide bonds. The van der Waals surface area contributed by atoms with Crippen LogP contribution in [0.25, 0.3) is 0 Å². The maximum absolute atomic E-state index is 11.8. The van der Waals surface area contributed by atoms with E-state index < -0.39 is 0 Å². The molecule has 0 aromatic heterocycles. The van der Waals surface area contributed by atoms with Crippen LogP contribution in [0.2, 0.25) is 0 Å². The zero-order valence-electron chi connectivity index (χ0n) is 17.1. The minimum absolute atomic E-state index is 0. The topological polar surface area (TPSA) is 51.2 Å². The molecule has 0 bridgehead atoms. The van der Waals surface area contributed by atoms with Crippen LogP contribution in [0.1, 0.15) is 31.7 Å². The largest absolute Gasteiger partial charge is 0.372 e. The van der Waals surface area contributed by atoms with Crippen molar-refractivity contribution >= 4 is 41.5 Å². The Bertz CT molecular complexity index is 597. The molecule has 0 atom stereocenters. The van der Waals surface area contributed by atoms with Gasteiger partial charge in [0.1, 0.15) is 6.54 Å². The molecular weight excluding hydrogens is 453 g/mol. The first-order valence-corrected chi connectivity index (χ1v) is 9.54. The number of anilines is 1. The van der Waals surface area contributed by atoms with Gasteiger partial charge < -0.3 is 20.0 Å². The Morgan fingerprint density at radius 1 is 1.11 bits per heavy atom. The second kappa shape index (κ2) is 12.0. The van der Waals surface area contributed by atoms with Crippen LogP contribution in [-0.4, -0.2) is 69.0 Å². The van der Waals surface area contributed by atoms with Gasteiger partial charge >= 0.3 is 0 Å². The SMILES string of the molecule is CCNC(=NCC(=O)N(C)C)N(C)Cc1ccc(N2CCCCC2)cc1.I. The van der Waals surface area contributed by atoms with E-state index in [1.807, 2.05) is 14.0 Å². The van der Waals surface area contributed by atoms with Crippen LogP contribution in [0.15, 0.2) is 29.3 Å². The highest BCUT2D eigenvalue weighted by Crippen LogP contribution is 2.20. The second-order valence-corrected chi connectivity index (χ2v) is 7.03. The molecule has 1 N–H and O–H groups in total. The van der Waals surface area contributed by atoms with Gasteiger partial charge in [-0.15, -0.1) is 24.0 Å². The average molecular weight is 487 g/mol. The molecule has 1 aliphatic rings. The molecule has 1 aliphatic heterocycles. The summed E-state index contributed by atoms with van der Waals surface area (Å²) in [6.07, 6.45) is 3.93. The molecule has 1 aromatic carbocycles. The molecule has 27 heavy (non-hydrogen) atoms. The number of piperidine rings is 1. The van der Waals surface area contributed by atoms with Crippen molar-refractivity contribution in [2.75, 3.05) is 52.2 Å².